The maximum absolute atomic E-state index is 13.6. The van der Waals surface area contributed by atoms with E-state index >= 15 is 0 Å². The van der Waals surface area contributed by atoms with Crippen molar-refractivity contribution in [3.63, 3.8) is 0 Å². The molecule has 0 aliphatic rings. The van der Waals surface area contributed by atoms with Crippen molar-refractivity contribution in [2.24, 2.45) is 0 Å². The van der Waals surface area contributed by atoms with Crippen molar-refractivity contribution < 1.29 is 23.5 Å². The van der Waals surface area contributed by atoms with E-state index in [9.17, 15) is 19.2 Å². The van der Waals surface area contributed by atoms with Gasteiger partial charge in [0.2, 0.25) is 5.91 Å². The molecule has 0 atom stereocenters. The van der Waals surface area contributed by atoms with Crippen LogP contribution in [0, 0.1) is 6.92 Å². The highest BCUT2D eigenvalue weighted by atomic mass is 127. The number of ether oxygens (including phenoxy) is 1. The number of aromatic nitrogens is 1. The molecule has 48 heavy (non-hydrogen) atoms. The second kappa shape index (κ2) is 15.5. The molecule has 3 aromatic carbocycles. The lowest BCUT2D eigenvalue weighted by Crippen LogP contribution is -2.32. The van der Waals surface area contributed by atoms with Gasteiger partial charge in [-0.05, 0) is 86.8 Å². The van der Waals surface area contributed by atoms with Gasteiger partial charge in [0.15, 0.2) is 0 Å². The highest BCUT2D eigenvalue weighted by molar-refractivity contribution is 14.1. The van der Waals surface area contributed by atoms with Crippen LogP contribution in [-0.2, 0) is 15.6 Å². The number of amides is 2. The van der Waals surface area contributed by atoms with Gasteiger partial charge in [-0.15, -0.1) is 0 Å². The number of nitrogens with one attached hydrogen (secondary N) is 2. The first kappa shape index (κ1) is 34.7. The van der Waals surface area contributed by atoms with Crippen molar-refractivity contribution in [2.75, 3.05) is 38.2 Å². The van der Waals surface area contributed by atoms with E-state index in [0.29, 0.717) is 46.5 Å². The molecule has 0 spiro atoms. The SMILES string of the molecule is CCN(CC)c1ccc2cc(C(=O)NCCCNC(=O)Cc3c(C)n(C(=O)c4ccc(CI)cc4)c4ccc(OC)cc34)c(=O)oc2c1. The van der Waals surface area contributed by atoms with Crippen LogP contribution in [0.2, 0.25) is 0 Å². The van der Waals surface area contributed by atoms with Gasteiger partial charge in [0.25, 0.3) is 11.8 Å². The van der Waals surface area contributed by atoms with Gasteiger partial charge in [-0.1, -0.05) is 34.7 Å². The van der Waals surface area contributed by atoms with Gasteiger partial charge in [0.1, 0.15) is 16.9 Å². The lowest BCUT2D eigenvalue weighted by molar-refractivity contribution is -0.120. The second-order valence-electron chi connectivity index (χ2n) is 11.4. The number of anilines is 1. The number of alkyl halides is 1. The molecule has 0 radical (unpaired) electrons. The number of benzene rings is 3. The van der Waals surface area contributed by atoms with Gasteiger partial charge in [-0.25, -0.2) is 4.79 Å². The molecule has 0 fully saturated rings. The van der Waals surface area contributed by atoms with E-state index in [-0.39, 0.29) is 30.3 Å². The molecule has 0 unspecified atom stereocenters. The first-order valence-corrected chi connectivity index (χ1v) is 17.5. The number of carbonyl (C=O) groups excluding carboxylic acids is 3. The number of carbonyl (C=O) groups is 3. The second-order valence-corrected chi connectivity index (χ2v) is 12.2. The molecule has 0 saturated carbocycles. The van der Waals surface area contributed by atoms with Gasteiger partial charge in [0.05, 0.1) is 19.0 Å². The third-order valence-corrected chi connectivity index (χ3v) is 9.37. The smallest absolute Gasteiger partial charge is 0.349 e. The van der Waals surface area contributed by atoms with Crippen LogP contribution in [0.25, 0.3) is 21.9 Å². The Morgan fingerprint density at radius 1 is 0.938 bits per heavy atom. The molecule has 2 N–H and O–H groups in total. The van der Waals surface area contributed by atoms with Crippen LogP contribution in [-0.4, -0.2) is 55.6 Å². The normalized spacial score (nSPS) is 11.1. The Hall–Kier alpha value is -4.65. The Bertz CT molecular complexity index is 2030. The van der Waals surface area contributed by atoms with Gasteiger partial charge < -0.3 is 24.7 Å². The molecule has 2 aromatic heterocycles. The number of fused-ring (bicyclic) bond motifs is 2. The molecule has 0 saturated heterocycles. The standard InChI is InChI=1S/C37H39IN4O6/c1-5-41(6-2)27-13-12-26-18-31(37(46)48-33(26)19-27)35(44)40-17-7-16-39-34(43)21-29-23(3)42(32-15-14-28(47-4)20-30(29)32)36(45)25-10-8-24(22-38)9-11-25/h8-15,18-20H,5-7,16-17,21-22H2,1-4H3,(H,39,43)(H,40,44). The van der Waals surface area contributed by atoms with E-state index in [1.165, 1.54) is 0 Å². The van der Waals surface area contributed by atoms with Gasteiger partial charge in [-0.3, -0.25) is 19.0 Å². The molecule has 0 aliphatic carbocycles. The number of methoxy groups -OCH3 is 1. The fraction of sp³-hybridized carbons (Fsp3) is 0.297. The minimum Gasteiger partial charge on any atom is -0.497 e. The third kappa shape index (κ3) is 7.40. The minimum absolute atomic E-state index is 0.0596. The van der Waals surface area contributed by atoms with Crippen LogP contribution in [0.3, 0.4) is 0 Å². The van der Waals surface area contributed by atoms with E-state index < -0.39 is 11.5 Å². The maximum Gasteiger partial charge on any atom is 0.349 e. The highest BCUT2D eigenvalue weighted by Gasteiger charge is 2.22. The van der Waals surface area contributed by atoms with Crippen LogP contribution in [0.5, 0.6) is 5.75 Å². The predicted octanol–water partition coefficient (Wildman–Crippen LogP) is 6.01. The van der Waals surface area contributed by atoms with Crippen LogP contribution in [0.4, 0.5) is 5.69 Å². The summed E-state index contributed by atoms with van der Waals surface area (Å²) >= 11 is 2.28. The van der Waals surface area contributed by atoms with Crippen molar-refractivity contribution in [1.82, 2.24) is 15.2 Å². The number of nitrogens with zero attached hydrogens (tertiary/aromatic N) is 2. The van der Waals surface area contributed by atoms with Crippen molar-refractivity contribution in [1.29, 1.82) is 0 Å². The summed E-state index contributed by atoms with van der Waals surface area (Å²) in [6.45, 7) is 8.15. The number of halogens is 1. The topological polar surface area (TPSA) is 123 Å². The van der Waals surface area contributed by atoms with Crippen LogP contribution < -0.4 is 25.9 Å². The zero-order chi connectivity index (χ0) is 34.4. The Labute approximate surface area is 292 Å². The molecule has 0 bridgehead atoms. The average Bonchev–Trinajstić information content (AvgIpc) is 3.37. The fourth-order valence-corrected chi connectivity index (χ4v) is 6.33. The van der Waals surface area contributed by atoms with Gasteiger partial charge >= 0.3 is 5.63 Å². The van der Waals surface area contributed by atoms with E-state index in [1.807, 2.05) is 61.5 Å². The summed E-state index contributed by atoms with van der Waals surface area (Å²) in [7, 11) is 1.57. The van der Waals surface area contributed by atoms with Crippen LogP contribution >= 0.6 is 22.6 Å². The Kier molecular flexibility index (Phi) is 11.2. The summed E-state index contributed by atoms with van der Waals surface area (Å²) in [6, 6.07) is 20.2. The first-order valence-electron chi connectivity index (χ1n) is 15.9. The lowest BCUT2D eigenvalue weighted by atomic mass is 10.1. The minimum atomic E-state index is -0.702. The van der Waals surface area contributed by atoms with Crippen LogP contribution in [0.1, 0.15) is 57.8 Å². The number of hydrogen-bond donors (Lipinski definition) is 2. The van der Waals surface area contributed by atoms with E-state index in [2.05, 4.69) is 52.0 Å². The van der Waals surface area contributed by atoms with E-state index in [1.54, 1.807) is 23.8 Å². The van der Waals surface area contributed by atoms with Gasteiger partial charge in [-0.2, -0.15) is 0 Å². The van der Waals surface area contributed by atoms with Crippen molar-refractivity contribution >= 4 is 67.9 Å². The molecule has 2 amide bonds. The van der Waals surface area contributed by atoms with E-state index in [0.717, 1.165) is 39.7 Å². The summed E-state index contributed by atoms with van der Waals surface area (Å²) < 4.78 is 13.4. The monoisotopic (exact) mass is 762 g/mol. The molecule has 2 heterocycles. The quantitative estimate of drug-likeness (QED) is 0.0652. The van der Waals surface area contributed by atoms with Crippen molar-refractivity contribution in [3.05, 3.63) is 105 Å². The van der Waals surface area contributed by atoms with Crippen molar-refractivity contribution in [2.45, 2.75) is 38.0 Å². The lowest BCUT2D eigenvalue weighted by Gasteiger charge is -2.21. The summed E-state index contributed by atoms with van der Waals surface area (Å²) in [5.41, 5.74) is 4.41. The average molecular weight is 763 g/mol. The molecule has 250 valence electrons. The first-order chi connectivity index (χ1) is 23.2. The summed E-state index contributed by atoms with van der Waals surface area (Å²) in [5.74, 6) is -0.296. The maximum atomic E-state index is 13.6. The van der Waals surface area contributed by atoms with Gasteiger partial charge in [0, 0.05) is 64.4 Å². The zero-order valence-electron chi connectivity index (χ0n) is 27.5. The summed E-state index contributed by atoms with van der Waals surface area (Å²) in [6.07, 6.45) is 0.508. The zero-order valence-corrected chi connectivity index (χ0v) is 29.7. The molecule has 11 heteroatoms. The molecular weight excluding hydrogens is 723 g/mol. The predicted molar refractivity (Wildman–Crippen MR) is 197 cm³/mol. The highest BCUT2D eigenvalue weighted by Crippen LogP contribution is 2.31. The van der Waals surface area contributed by atoms with Crippen molar-refractivity contribution in [3.8, 4) is 5.75 Å². The molecular formula is C37H39IN4O6. The molecule has 5 rings (SSSR count). The number of hydrogen-bond acceptors (Lipinski definition) is 7. The molecule has 10 nitrogen and oxygen atoms in total. The molecule has 0 aliphatic heterocycles. The van der Waals surface area contributed by atoms with Crippen LogP contribution in [0.15, 0.2) is 75.9 Å². The fourth-order valence-electron chi connectivity index (χ4n) is 5.82. The van der Waals surface area contributed by atoms with E-state index in [4.69, 9.17) is 9.15 Å². The largest absolute Gasteiger partial charge is 0.497 e. The summed E-state index contributed by atoms with van der Waals surface area (Å²) in [4.78, 5) is 54.3. The Morgan fingerprint density at radius 2 is 1.67 bits per heavy atom. The Balaban J connectivity index is 1.21. The summed E-state index contributed by atoms with van der Waals surface area (Å²) in [5, 5.41) is 7.08. The number of rotatable bonds is 13. The third-order valence-electron chi connectivity index (χ3n) is 8.49. The Morgan fingerprint density at radius 3 is 2.35 bits per heavy atom. The molecule has 5 aromatic rings.